The number of benzene rings is 1. The number of nitrogens with zero attached hydrogens (tertiary/aromatic N) is 3. The predicted octanol–water partition coefficient (Wildman–Crippen LogP) is 3.37. The Morgan fingerprint density at radius 2 is 1.90 bits per heavy atom. The van der Waals surface area contributed by atoms with E-state index >= 15 is 0 Å². The molecule has 4 heteroatoms. The summed E-state index contributed by atoms with van der Waals surface area (Å²) in [6.45, 7) is 2.94. The van der Waals surface area contributed by atoms with Crippen LogP contribution in [0.5, 0.6) is 0 Å². The van der Waals surface area contributed by atoms with E-state index in [9.17, 15) is 0 Å². The van der Waals surface area contributed by atoms with Crippen molar-refractivity contribution in [3.05, 3.63) is 61.2 Å². The smallest absolute Gasteiger partial charge is 0.0849 e. The van der Waals surface area contributed by atoms with Gasteiger partial charge in [0, 0.05) is 18.3 Å². The van der Waals surface area contributed by atoms with Gasteiger partial charge in [-0.3, -0.25) is 4.98 Å². The Balaban J connectivity index is 1.92. The van der Waals surface area contributed by atoms with Gasteiger partial charge in [-0.05, 0) is 18.6 Å². The van der Waals surface area contributed by atoms with E-state index in [-0.39, 0.29) is 0 Å². The van der Waals surface area contributed by atoms with Crippen molar-refractivity contribution in [1.82, 2.24) is 14.8 Å². The van der Waals surface area contributed by atoms with Gasteiger partial charge in [-0.1, -0.05) is 30.3 Å². The summed E-state index contributed by atoms with van der Waals surface area (Å²) in [6.07, 6.45) is 7.51. The fourth-order valence-corrected chi connectivity index (χ4v) is 2.10. The highest BCUT2D eigenvalue weighted by Gasteiger charge is 2.04. The van der Waals surface area contributed by atoms with Gasteiger partial charge >= 0.3 is 0 Å². The van der Waals surface area contributed by atoms with Gasteiger partial charge in [0.05, 0.1) is 30.0 Å². The van der Waals surface area contributed by atoms with Crippen LogP contribution in [0, 0.1) is 0 Å². The lowest BCUT2D eigenvalue weighted by Crippen LogP contribution is -2.00. The normalized spacial score (nSPS) is 10.4. The molecule has 0 amide bonds. The summed E-state index contributed by atoms with van der Waals surface area (Å²) in [5.74, 6) is 0. The highest BCUT2D eigenvalue weighted by molar-refractivity contribution is 5.62. The van der Waals surface area contributed by atoms with Crippen molar-refractivity contribution in [2.75, 3.05) is 11.9 Å². The van der Waals surface area contributed by atoms with Crippen LogP contribution in [-0.4, -0.2) is 21.3 Å². The van der Waals surface area contributed by atoms with Gasteiger partial charge in [0.15, 0.2) is 0 Å². The predicted molar refractivity (Wildman–Crippen MR) is 81.0 cm³/mol. The second-order valence-corrected chi connectivity index (χ2v) is 4.50. The molecule has 2 heterocycles. The molecule has 4 nitrogen and oxygen atoms in total. The lowest BCUT2D eigenvalue weighted by molar-refractivity contribution is 0.874. The fraction of sp³-hybridized carbons (Fsp3) is 0.125. The van der Waals surface area contributed by atoms with Gasteiger partial charge in [0.25, 0.3) is 0 Å². The molecule has 2 aromatic heterocycles. The van der Waals surface area contributed by atoms with E-state index in [1.165, 1.54) is 0 Å². The van der Waals surface area contributed by atoms with E-state index in [1.54, 1.807) is 0 Å². The molecule has 0 spiro atoms. The molecule has 0 atom stereocenters. The third-order valence-electron chi connectivity index (χ3n) is 3.06. The van der Waals surface area contributed by atoms with Crippen molar-refractivity contribution in [3.63, 3.8) is 0 Å². The molecule has 0 aliphatic rings. The Labute approximate surface area is 118 Å². The first-order valence-corrected chi connectivity index (χ1v) is 6.66. The molecule has 0 aliphatic heterocycles. The van der Waals surface area contributed by atoms with E-state index in [4.69, 9.17) is 0 Å². The average molecular weight is 264 g/mol. The van der Waals surface area contributed by atoms with Crippen LogP contribution in [0.4, 0.5) is 5.69 Å². The molecule has 1 N–H and O–H groups in total. The molecule has 0 saturated heterocycles. The maximum Gasteiger partial charge on any atom is 0.0849 e. The molecule has 0 unspecified atom stereocenters. The van der Waals surface area contributed by atoms with Crippen molar-refractivity contribution in [3.8, 4) is 16.8 Å². The number of hydrogen-bond donors (Lipinski definition) is 1. The number of nitrogens with one attached hydrogen (secondary N) is 1. The number of anilines is 1. The van der Waals surface area contributed by atoms with Gasteiger partial charge in [0.1, 0.15) is 0 Å². The molecular formula is C16H16N4. The van der Waals surface area contributed by atoms with Crippen LogP contribution in [0.3, 0.4) is 0 Å². The maximum absolute atomic E-state index is 4.41. The van der Waals surface area contributed by atoms with E-state index in [2.05, 4.69) is 34.5 Å². The van der Waals surface area contributed by atoms with Crippen molar-refractivity contribution < 1.29 is 0 Å². The Kier molecular flexibility index (Phi) is 3.46. The molecule has 0 bridgehead atoms. The number of hydrogen-bond acceptors (Lipinski definition) is 3. The van der Waals surface area contributed by atoms with Crippen molar-refractivity contribution in [2.45, 2.75) is 6.92 Å². The maximum atomic E-state index is 4.41. The second-order valence-electron chi connectivity index (χ2n) is 4.50. The van der Waals surface area contributed by atoms with Gasteiger partial charge in [-0.15, -0.1) is 0 Å². The molecule has 0 radical (unpaired) electrons. The minimum Gasteiger partial charge on any atom is -0.384 e. The summed E-state index contributed by atoms with van der Waals surface area (Å²) < 4.78 is 1.84. The van der Waals surface area contributed by atoms with Crippen LogP contribution >= 0.6 is 0 Å². The van der Waals surface area contributed by atoms with Gasteiger partial charge in [0.2, 0.25) is 0 Å². The zero-order valence-corrected chi connectivity index (χ0v) is 11.3. The zero-order valence-electron chi connectivity index (χ0n) is 11.3. The van der Waals surface area contributed by atoms with Crippen LogP contribution in [0.1, 0.15) is 6.92 Å². The van der Waals surface area contributed by atoms with E-state index < -0.39 is 0 Å². The lowest BCUT2D eigenvalue weighted by Gasteiger charge is -2.05. The van der Waals surface area contributed by atoms with Crippen LogP contribution < -0.4 is 5.32 Å². The Bertz CT molecular complexity index is 688. The first kappa shape index (κ1) is 12.4. The minimum absolute atomic E-state index is 0.875. The Morgan fingerprint density at radius 3 is 2.70 bits per heavy atom. The average Bonchev–Trinajstić information content (AvgIpc) is 2.99. The first-order chi connectivity index (χ1) is 9.86. The second kappa shape index (κ2) is 5.57. The Morgan fingerprint density at radius 1 is 1.05 bits per heavy atom. The van der Waals surface area contributed by atoms with Crippen LogP contribution in [0.2, 0.25) is 0 Å². The van der Waals surface area contributed by atoms with E-state index in [0.717, 1.165) is 29.0 Å². The first-order valence-electron chi connectivity index (χ1n) is 6.66. The monoisotopic (exact) mass is 264 g/mol. The summed E-state index contributed by atoms with van der Waals surface area (Å²) in [7, 11) is 0. The summed E-state index contributed by atoms with van der Waals surface area (Å²) in [4.78, 5) is 4.24. The van der Waals surface area contributed by atoms with Gasteiger partial charge in [-0.2, -0.15) is 5.10 Å². The topological polar surface area (TPSA) is 42.7 Å². The molecule has 20 heavy (non-hydrogen) atoms. The van der Waals surface area contributed by atoms with Gasteiger partial charge < -0.3 is 5.32 Å². The summed E-state index contributed by atoms with van der Waals surface area (Å²) in [5, 5.41) is 7.67. The molecular weight excluding hydrogens is 248 g/mol. The summed E-state index contributed by atoms with van der Waals surface area (Å²) >= 11 is 0. The van der Waals surface area contributed by atoms with Gasteiger partial charge in [-0.25, -0.2) is 4.68 Å². The van der Waals surface area contributed by atoms with Crippen molar-refractivity contribution in [2.24, 2.45) is 0 Å². The van der Waals surface area contributed by atoms with E-state index in [0.29, 0.717) is 0 Å². The van der Waals surface area contributed by atoms with Crippen LogP contribution in [0.15, 0.2) is 61.2 Å². The van der Waals surface area contributed by atoms with Crippen molar-refractivity contribution in [1.29, 1.82) is 0 Å². The molecule has 1 aromatic carbocycles. The largest absolute Gasteiger partial charge is 0.384 e. The van der Waals surface area contributed by atoms with Crippen LogP contribution in [-0.2, 0) is 0 Å². The lowest BCUT2D eigenvalue weighted by atomic mass is 10.1. The third-order valence-corrected chi connectivity index (χ3v) is 3.06. The zero-order chi connectivity index (χ0) is 13.8. The van der Waals surface area contributed by atoms with Crippen LogP contribution in [0.25, 0.3) is 16.8 Å². The highest BCUT2D eigenvalue weighted by atomic mass is 15.3. The summed E-state index contributed by atoms with van der Waals surface area (Å²) in [6, 6.07) is 12.3. The molecule has 0 fully saturated rings. The third kappa shape index (κ3) is 2.54. The number of rotatable bonds is 4. The molecule has 3 rings (SSSR count). The molecule has 3 aromatic rings. The standard InChI is InChI=1S/C16H16N4/c1-2-18-15-8-16(11-17-10-15)20-12-14(9-19-20)13-6-4-3-5-7-13/h3-12,18H,2H2,1H3. The number of pyridine rings is 1. The SMILES string of the molecule is CCNc1cncc(-n2cc(-c3ccccc3)cn2)c1. The Hall–Kier alpha value is -2.62. The fourth-order valence-electron chi connectivity index (χ4n) is 2.10. The van der Waals surface area contributed by atoms with Crippen molar-refractivity contribution >= 4 is 5.69 Å². The summed E-state index contributed by atoms with van der Waals surface area (Å²) in [5.41, 5.74) is 4.21. The molecule has 0 saturated carbocycles. The van der Waals surface area contributed by atoms with E-state index in [1.807, 2.05) is 53.7 Å². The molecule has 0 aliphatic carbocycles. The minimum atomic E-state index is 0.875. The molecule has 100 valence electrons. The highest BCUT2D eigenvalue weighted by Crippen LogP contribution is 2.20. The number of aromatic nitrogens is 3. The quantitative estimate of drug-likeness (QED) is 0.785.